The van der Waals surface area contributed by atoms with E-state index in [0.29, 0.717) is 27.9 Å². The standard InChI is InChI=1S/C21H22N2O5S2/c1-13(2)27-17-9-15(20(24)23-21-22-14(3)12-29-21)10-18(11-17)28-16-5-7-19(8-6-16)30(4,25)26/h5-13H,1-4H3,(H,22,23,24). The number of aryl methyl sites for hydroxylation is 1. The zero-order valence-electron chi connectivity index (χ0n) is 17.0. The van der Waals surface area contributed by atoms with Crippen LogP contribution in [0.25, 0.3) is 0 Å². The van der Waals surface area contributed by atoms with Crippen molar-refractivity contribution >= 4 is 32.2 Å². The van der Waals surface area contributed by atoms with Crippen LogP contribution in [0.1, 0.15) is 29.9 Å². The molecular formula is C21H22N2O5S2. The fourth-order valence-electron chi connectivity index (χ4n) is 2.57. The van der Waals surface area contributed by atoms with Crippen molar-refractivity contribution in [2.75, 3.05) is 11.6 Å². The molecule has 1 aromatic heterocycles. The van der Waals surface area contributed by atoms with Crippen molar-refractivity contribution in [3.63, 3.8) is 0 Å². The summed E-state index contributed by atoms with van der Waals surface area (Å²) < 4.78 is 34.8. The Balaban J connectivity index is 1.87. The van der Waals surface area contributed by atoms with Gasteiger partial charge < -0.3 is 9.47 Å². The van der Waals surface area contributed by atoms with E-state index in [-0.39, 0.29) is 16.9 Å². The fourth-order valence-corrected chi connectivity index (χ4v) is 3.89. The number of hydrogen-bond acceptors (Lipinski definition) is 7. The maximum Gasteiger partial charge on any atom is 0.257 e. The number of thiazole rings is 1. The summed E-state index contributed by atoms with van der Waals surface area (Å²) in [6.07, 6.45) is 1.05. The average molecular weight is 447 g/mol. The van der Waals surface area contributed by atoms with Crippen molar-refractivity contribution < 1.29 is 22.7 Å². The molecule has 0 bridgehead atoms. The Labute approximate surface area is 179 Å². The first-order valence-electron chi connectivity index (χ1n) is 9.13. The van der Waals surface area contributed by atoms with Gasteiger partial charge in [0.25, 0.3) is 5.91 Å². The number of aromatic nitrogens is 1. The van der Waals surface area contributed by atoms with Crippen LogP contribution < -0.4 is 14.8 Å². The van der Waals surface area contributed by atoms with E-state index in [2.05, 4.69) is 10.3 Å². The van der Waals surface area contributed by atoms with Gasteiger partial charge in [-0.3, -0.25) is 10.1 Å². The summed E-state index contributed by atoms with van der Waals surface area (Å²) in [5.41, 5.74) is 1.18. The maximum absolute atomic E-state index is 12.7. The van der Waals surface area contributed by atoms with Crippen LogP contribution in [0.5, 0.6) is 17.2 Å². The highest BCUT2D eigenvalue weighted by Gasteiger charge is 2.14. The van der Waals surface area contributed by atoms with Gasteiger partial charge in [0.2, 0.25) is 0 Å². The number of nitrogens with zero attached hydrogens (tertiary/aromatic N) is 1. The molecule has 7 nitrogen and oxygen atoms in total. The Morgan fingerprint density at radius 2 is 1.73 bits per heavy atom. The number of anilines is 1. The largest absolute Gasteiger partial charge is 0.491 e. The van der Waals surface area contributed by atoms with E-state index in [1.807, 2.05) is 26.2 Å². The normalized spacial score (nSPS) is 11.4. The molecule has 0 spiro atoms. The third-order valence-corrected chi connectivity index (χ3v) is 5.85. The van der Waals surface area contributed by atoms with E-state index < -0.39 is 9.84 Å². The molecule has 1 N–H and O–H groups in total. The molecule has 3 rings (SSSR count). The summed E-state index contributed by atoms with van der Waals surface area (Å²) in [5, 5.41) is 5.12. The number of carbonyl (C=O) groups excluding carboxylic acids is 1. The summed E-state index contributed by atoms with van der Waals surface area (Å²) in [5.74, 6) is 0.971. The molecule has 0 aliphatic carbocycles. The van der Waals surface area contributed by atoms with Crippen molar-refractivity contribution in [1.29, 1.82) is 0 Å². The first kappa shape index (κ1) is 21.8. The van der Waals surface area contributed by atoms with Crippen LogP contribution in [0.4, 0.5) is 5.13 Å². The van der Waals surface area contributed by atoms with E-state index in [4.69, 9.17) is 9.47 Å². The molecule has 0 aliphatic heterocycles. The van der Waals surface area contributed by atoms with Crippen LogP contribution in [0.15, 0.2) is 52.7 Å². The number of hydrogen-bond donors (Lipinski definition) is 1. The minimum absolute atomic E-state index is 0.0909. The number of rotatable bonds is 7. The molecular weight excluding hydrogens is 424 g/mol. The van der Waals surface area contributed by atoms with Gasteiger partial charge in [0.15, 0.2) is 15.0 Å². The van der Waals surface area contributed by atoms with E-state index in [9.17, 15) is 13.2 Å². The van der Waals surface area contributed by atoms with E-state index in [0.717, 1.165) is 11.9 Å². The first-order chi connectivity index (χ1) is 14.1. The predicted molar refractivity (Wildman–Crippen MR) is 117 cm³/mol. The summed E-state index contributed by atoms with van der Waals surface area (Å²) in [6, 6.07) is 11.0. The first-order valence-corrected chi connectivity index (χ1v) is 11.9. The molecule has 0 fully saturated rings. The van der Waals surface area contributed by atoms with E-state index in [1.54, 1.807) is 30.3 Å². The maximum atomic E-state index is 12.7. The van der Waals surface area contributed by atoms with Crippen LogP contribution >= 0.6 is 11.3 Å². The Kier molecular flexibility index (Phi) is 6.42. The minimum atomic E-state index is -3.29. The second kappa shape index (κ2) is 8.85. The van der Waals surface area contributed by atoms with Crippen molar-refractivity contribution in [2.45, 2.75) is 31.8 Å². The van der Waals surface area contributed by atoms with Crippen LogP contribution in [0, 0.1) is 6.92 Å². The minimum Gasteiger partial charge on any atom is -0.491 e. The predicted octanol–water partition coefficient (Wildman–Crippen LogP) is 4.69. The molecule has 158 valence electrons. The molecule has 0 radical (unpaired) electrons. The van der Waals surface area contributed by atoms with Crippen molar-refractivity contribution in [2.24, 2.45) is 0 Å². The molecule has 0 saturated carbocycles. The van der Waals surface area contributed by atoms with Gasteiger partial charge in [-0.25, -0.2) is 13.4 Å². The zero-order chi connectivity index (χ0) is 21.9. The molecule has 3 aromatic rings. The molecule has 0 atom stereocenters. The van der Waals surface area contributed by atoms with Gasteiger partial charge >= 0.3 is 0 Å². The highest BCUT2D eigenvalue weighted by atomic mass is 32.2. The lowest BCUT2D eigenvalue weighted by Gasteiger charge is -2.14. The van der Waals surface area contributed by atoms with Crippen molar-refractivity contribution in [3.05, 3.63) is 59.1 Å². The quantitative estimate of drug-likeness (QED) is 0.566. The highest BCUT2D eigenvalue weighted by molar-refractivity contribution is 7.90. The summed E-state index contributed by atoms with van der Waals surface area (Å²) >= 11 is 1.34. The van der Waals surface area contributed by atoms with E-state index in [1.165, 1.54) is 23.5 Å². The number of benzene rings is 2. The molecule has 2 aromatic carbocycles. The molecule has 0 unspecified atom stereocenters. The lowest BCUT2D eigenvalue weighted by Crippen LogP contribution is -2.13. The third-order valence-electron chi connectivity index (χ3n) is 3.84. The zero-order valence-corrected chi connectivity index (χ0v) is 18.6. The number of ether oxygens (including phenoxy) is 2. The lowest BCUT2D eigenvalue weighted by molar-refractivity contribution is 0.102. The Bertz CT molecular complexity index is 1150. The Morgan fingerprint density at radius 1 is 1.07 bits per heavy atom. The number of amides is 1. The van der Waals surface area contributed by atoms with E-state index >= 15 is 0 Å². The molecule has 0 saturated heterocycles. The topological polar surface area (TPSA) is 94.6 Å². The van der Waals surface area contributed by atoms with Crippen molar-refractivity contribution in [1.82, 2.24) is 4.98 Å². The summed E-state index contributed by atoms with van der Waals surface area (Å²) in [4.78, 5) is 17.1. The fraction of sp³-hybridized carbons (Fsp3) is 0.238. The smallest absolute Gasteiger partial charge is 0.257 e. The van der Waals surface area contributed by atoms with Crippen LogP contribution in [-0.4, -0.2) is 31.7 Å². The lowest BCUT2D eigenvalue weighted by atomic mass is 10.2. The van der Waals surface area contributed by atoms with Gasteiger partial charge in [-0.2, -0.15) is 0 Å². The Hall–Kier alpha value is -2.91. The van der Waals surface area contributed by atoms with Gasteiger partial charge in [0, 0.05) is 23.3 Å². The average Bonchev–Trinajstić information content (AvgIpc) is 3.05. The molecule has 30 heavy (non-hydrogen) atoms. The number of carbonyl (C=O) groups is 1. The van der Waals surface area contributed by atoms with Crippen molar-refractivity contribution in [3.8, 4) is 17.2 Å². The third kappa shape index (κ3) is 5.80. The molecule has 1 amide bonds. The van der Waals surface area contributed by atoms with Crippen LogP contribution in [0.3, 0.4) is 0 Å². The van der Waals surface area contributed by atoms with Gasteiger partial charge in [0.1, 0.15) is 17.2 Å². The van der Waals surface area contributed by atoms with Crippen LogP contribution in [-0.2, 0) is 9.84 Å². The van der Waals surface area contributed by atoms with Gasteiger partial charge in [-0.05, 0) is 57.2 Å². The SMILES string of the molecule is Cc1csc(NC(=O)c2cc(Oc3ccc(S(C)(=O)=O)cc3)cc(OC(C)C)c2)n1. The number of sulfone groups is 1. The molecule has 1 heterocycles. The summed E-state index contributed by atoms with van der Waals surface area (Å²) in [7, 11) is -3.29. The number of nitrogens with one attached hydrogen (secondary N) is 1. The monoisotopic (exact) mass is 446 g/mol. The van der Waals surface area contributed by atoms with Gasteiger partial charge in [0.05, 0.1) is 16.7 Å². The molecule has 9 heteroatoms. The van der Waals surface area contributed by atoms with Gasteiger partial charge in [-0.15, -0.1) is 11.3 Å². The second-order valence-corrected chi connectivity index (χ2v) is 9.83. The van der Waals surface area contributed by atoms with Crippen LogP contribution in [0.2, 0.25) is 0 Å². The molecule has 0 aliphatic rings. The summed E-state index contributed by atoms with van der Waals surface area (Å²) in [6.45, 7) is 5.62. The Morgan fingerprint density at radius 3 is 2.30 bits per heavy atom. The van der Waals surface area contributed by atoms with Gasteiger partial charge in [-0.1, -0.05) is 0 Å². The highest BCUT2D eigenvalue weighted by Crippen LogP contribution is 2.29. The second-order valence-electron chi connectivity index (χ2n) is 6.95.